The molecule has 4 heteroatoms. The van der Waals surface area contributed by atoms with Crippen molar-refractivity contribution in [3.63, 3.8) is 0 Å². The molecule has 0 radical (unpaired) electrons. The SMILES string of the molecule is Cc1ccc2sc3snnc3c2c1. The predicted molar refractivity (Wildman–Crippen MR) is 57.5 cm³/mol. The number of rotatable bonds is 0. The van der Waals surface area contributed by atoms with Crippen LogP contribution in [0.15, 0.2) is 18.2 Å². The van der Waals surface area contributed by atoms with Gasteiger partial charge < -0.3 is 0 Å². The van der Waals surface area contributed by atoms with Crippen LogP contribution in [-0.2, 0) is 0 Å². The van der Waals surface area contributed by atoms with Crippen LogP contribution in [0.2, 0.25) is 0 Å². The Kier molecular flexibility index (Phi) is 1.42. The first-order valence-corrected chi connectivity index (χ1v) is 5.55. The quantitative estimate of drug-likeness (QED) is 0.564. The summed E-state index contributed by atoms with van der Waals surface area (Å²) in [5.41, 5.74) is 2.34. The molecule has 2 aromatic heterocycles. The number of benzene rings is 1. The van der Waals surface area contributed by atoms with E-state index in [1.807, 2.05) is 0 Å². The van der Waals surface area contributed by atoms with E-state index in [9.17, 15) is 0 Å². The van der Waals surface area contributed by atoms with E-state index in [2.05, 4.69) is 34.7 Å². The zero-order chi connectivity index (χ0) is 8.84. The van der Waals surface area contributed by atoms with Crippen molar-refractivity contribution in [1.82, 2.24) is 9.59 Å². The summed E-state index contributed by atoms with van der Waals surface area (Å²) in [5.74, 6) is 0. The number of nitrogens with zero attached hydrogens (tertiary/aromatic N) is 2. The van der Waals surface area contributed by atoms with Gasteiger partial charge in [-0.2, -0.15) is 0 Å². The van der Waals surface area contributed by atoms with Crippen LogP contribution < -0.4 is 0 Å². The van der Waals surface area contributed by atoms with Crippen LogP contribution in [0.3, 0.4) is 0 Å². The maximum Gasteiger partial charge on any atom is 0.129 e. The number of thiophene rings is 1. The molecule has 3 rings (SSSR count). The van der Waals surface area contributed by atoms with Gasteiger partial charge in [-0.3, -0.25) is 0 Å². The van der Waals surface area contributed by atoms with Crippen LogP contribution in [0, 0.1) is 6.92 Å². The average Bonchev–Trinajstić information content (AvgIpc) is 2.64. The van der Waals surface area contributed by atoms with Crippen LogP contribution in [0.25, 0.3) is 19.6 Å². The largest absolute Gasteiger partial charge is 0.136 e. The zero-order valence-electron chi connectivity index (χ0n) is 6.94. The van der Waals surface area contributed by atoms with Gasteiger partial charge in [-0.15, -0.1) is 16.4 Å². The van der Waals surface area contributed by atoms with E-state index >= 15 is 0 Å². The fourth-order valence-electron chi connectivity index (χ4n) is 1.43. The number of hydrogen-bond donors (Lipinski definition) is 0. The average molecular weight is 206 g/mol. The minimum atomic E-state index is 1.06. The third-order valence-electron chi connectivity index (χ3n) is 2.05. The first-order chi connectivity index (χ1) is 6.34. The van der Waals surface area contributed by atoms with E-state index in [1.54, 1.807) is 11.3 Å². The molecule has 0 amide bonds. The normalized spacial score (nSPS) is 11.5. The second-order valence-electron chi connectivity index (χ2n) is 3.01. The van der Waals surface area contributed by atoms with Crippen molar-refractivity contribution in [2.75, 3.05) is 0 Å². The second kappa shape index (κ2) is 2.49. The summed E-state index contributed by atoms with van der Waals surface area (Å²) in [7, 11) is 0. The summed E-state index contributed by atoms with van der Waals surface area (Å²) < 4.78 is 6.47. The van der Waals surface area contributed by atoms with Gasteiger partial charge in [0.25, 0.3) is 0 Å². The molecule has 0 saturated heterocycles. The summed E-state index contributed by atoms with van der Waals surface area (Å²) in [4.78, 5) is 0. The minimum Gasteiger partial charge on any atom is -0.136 e. The van der Waals surface area contributed by atoms with Crippen molar-refractivity contribution in [3.8, 4) is 0 Å². The maximum absolute atomic E-state index is 4.13. The van der Waals surface area contributed by atoms with Crippen LogP contribution in [0.1, 0.15) is 5.56 Å². The van der Waals surface area contributed by atoms with Gasteiger partial charge in [0.1, 0.15) is 9.53 Å². The van der Waals surface area contributed by atoms with Gasteiger partial charge >= 0.3 is 0 Å². The lowest BCUT2D eigenvalue weighted by Gasteiger charge is -1.90. The first-order valence-electron chi connectivity index (χ1n) is 3.96. The van der Waals surface area contributed by atoms with Gasteiger partial charge in [-0.25, -0.2) is 0 Å². The van der Waals surface area contributed by atoms with Gasteiger partial charge in [-0.1, -0.05) is 16.1 Å². The standard InChI is InChI=1S/C9H6N2S2/c1-5-2-3-7-6(4-5)8-9(12-7)13-11-10-8/h2-4H,1H3. The van der Waals surface area contributed by atoms with Crippen molar-refractivity contribution in [2.24, 2.45) is 0 Å². The van der Waals surface area contributed by atoms with E-state index < -0.39 is 0 Å². The minimum absolute atomic E-state index is 1.06. The van der Waals surface area contributed by atoms with Crippen LogP contribution in [0.5, 0.6) is 0 Å². The van der Waals surface area contributed by atoms with E-state index in [4.69, 9.17) is 0 Å². The number of fused-ring (bicyclic) bond motifs is 3. The molecule has 0 atom stereocenters. The summed E-state index contributed by atoms with van der Waals surface area (Å²) in [6, 6.07) is 6.47. The molecule has 1 aromatic carbocycles. The molecule has 13 heavy (non-hydrogen) atoms. The molecule has 3 aromatic rings. The highest BCUT2D eigenvalue weighted by Crippen LogP contribution is 2.34. The Balaban J connectivity index is 2.61. The van der Waals surface area contributed by atoms with Crippen LogP contribution in [0.4, 0.5) is 0 Å². The summed E-state index contributed by atoms with van der Waals surface area (Å²) in [6.45, 7) is 2.10. The molecule has 0 aliphatic rings. The molecule has 0 unspecified atom stereocenters. The highest BCUT2D eigenvalue weighted by Gasteiger charge is 2.07. The number of aromatic nitrogens is 2. The lowest BCUT2D eigenvalue weighted by Crippen LogP contribution is -1.71. The summed E-state index contributed by atoms with van der Waals surface area (Å²) >= 11 is 3.25. The highest BCUT2D eigenvalue weighted by molar-refractivity contribution is 7.39. The summed E-state index contributed by atoms with van der Waals surface area (Å²) in [5, 5.41) is 5.37. The van der Waals surface area contributed by atoms with Crippen LogP contribution in [-0.4, -0.2) is 9.59 Å². The first kappa shape index (κ1) is 7.41. The van der Waals surface area contributed by atoms with Crippen molar-refractivity contribution >= 4 is 42.5 Å². The third kappa shape index (κ3) is 0.990. The van der Waals surface area contributed by atoms with Crippen LogP contribution >= 0.6 is 22.9 Å². The molecule has 0 aliphatic heterocycles. The van der Waals surface area contributed by atoms with Gasteiger partial charge in [0.2, 0.25) is 0 Å². The Morgan fingerprint density at radius 1 is 1.31 bits per heavy atom. The molecule has 64 valence electrons. The molecule has 0 spiro atoms. The van der Waals surface area contributed by atoms with Crippen molar-refractivity contribution < 1.29 is 0 Å². The molecule has 2 nitrogen and oxygen atoms in total. The monoisotopic (exact) mass is 206 g/mol. The lowest BCUT2D eigenvalue weighted by atomic mass is 10.2. The smallest absolute Gasteiger partial charge is 0.129 e. The Bertz CT molecular complexity index is 579. The van der Waals surface area contributed by atoms with E-state index in [0.717, 1.165) is 5.52 Å². The van der Waals surface area contributed by atoms with Gasteiger partial charge in [0.05, 0.1) is 0 Å². The number of aryl methyl sites for hydroxylation is 1. The molecule has 0 N–H and O–H groups in total. The fraction of sp³-hybridized carbons (Fsp3) is 0.111. The maximum atomic E-state index is 4.13. The Labute approximate surface area is 83.0 Å². The van der Waals surface area contributed by atoms with Gasteiger partial charge in [0, 0.05) is 10.1 Å². The van der Waals surface area contributed by atoms with Crippen molar-refractivity contribution in [2.45, 2.75) is 6.92 Å². The van der Waals surface area contributed by atoms with Crippen molar-refractivity contribution in [3.05, 3.63) is 23.8 Å². The second-order valence-corrected chi connectivity index (χ2v) is 5.08. The molecule has 2 heterocycles. The molecule has 0 aliphatic carbocycles. The fourth-order valence-corrected chi connectivity index (χ4v) is 3.23. The Morgan fingerprint density at radius 2 is 2.23 bits per heavy atom. The molecular formula is C9H6N2S2. The van der Waals surface area contributed by atoms with Crippen molar-refractivity contribution in [1.29, 1.82) is 0 Å². The van der Waals surface area contributed by atoms with E-state index in [-0.39, 0.29) is 0 Å². The summed E-state index contributed by atoms with van der Waals surface area (Å²) in [6.07, 6.45) is 0. The molecular weight excluding hydrogens is 200 g/mol. The Morgan fingerprint density at radius 3 is 3.15 bits per heavy atom. The highest BCUT2D eigenvalue weighted by atomic mass is 32.2. The van der Waals surface area contributed by atoms with Gasteiger partial charge in [-0.05, 0) is 30.6 Å². The number of hydrogen-bond acceptors (Lipinski definition) is 4. The molecule has 0 bridgehead atoms. The topological polar surface area (TPSA) is 25.8 Å². The van der Waals surface area contributed by atoms with E-state index in [0.29, 0.717) is 0 Å². The Hall–Kier alpha value is -1.00. The third-order valence-corrected chi connectivity index (χ3v) is 4.00. The zero-order valence-corrected chi connectivity index (χ0v) is 8.58. The lowest BCUT2D eigenvalue weighted by molar-refractivity contribution is 1.20. The predicted octanol–water partition coefficient (Wildman–Crippen LogP) is 3.21. The molecule has 0 fully saturated rings. The molecule has 0 saturated carbocycles. The van der Waals surface area contributed by atoms with Gasteiger partial charge in [0.15, 0.2) is 0 Å². The van der Waals surface area contributed by atoms with E-state index in [1.165, 1.54) is 31.2 Å².